The van der Waals surface area contributed by atoms with Gasteiger partial charge in [-0.05, 0) is 40.0 Å². The first kappa shape index (κ1) is 13.4. The Balaban J connectivity index is 2.13. The largest absolute Gasteiger partial charge is 0.444 e. The molecule has 18 heavy (non-hydrogen) atoms. The molecule has 0 aromatic rings. The number of carbonyl (C=O) groups excluding carboxylic acids is 1. The Morgan fingerprint density at radius 2 is 1.83 bits per heavy atom. The molecule has 0 saturated heterocycles. The van der Waals surface area contributed by atoms with E-state index in [1.165, 1.54) is 19.3 Å². The van der Waals surface area contributed by atoms with Gasteiger partial charge in [0.25, 0.3) is 0 Å². The lowest BCUT2D eigenvalue weighted by Gasteiger charge is -2.47. The van der Waals surface area contributed by atoms with Crippen LogP contribution in [-0.2, 0) is 4.74 Å². The third-order valence-electron chi connectivity index (χ3n) is 3.92. The van der Waals surface area contributed by atoms with Gasteiger partial charge < -0.3 is 4.74 Å². The lowest BCUT2D eigenvalue weighted by molar-refractivity contribution is -0.0111. The smallest absolute Gasteiger partial charge is 0.411 e. The minimum absolute atomic E-state index is 0.0370. The van der Waals surface area contributed by atoms with Gasteiger partial charge in [0.05, 0.1) is 5.54 Å². The standard InChI is InChI=1S/C15H25NO2/c1-14(2,3)18-13(17)16-12-8-7-11-15(16)9-5-4-6-10-15/h7-8H,4-6,9-12H2,1-3H3. The van der Waals surface area contributed by atoms with E-state index in [9.17, 15) is 4.79 Å². The molecule has 2 rings (SSSR count). The Kier molecular flexibility index (Phi) is 3.69. The van der Waals surface area contributed by atoms with E-state index in [2.05, 4.69) is 12.2 Å². The summed E-state index contributed by atoms with van der Waals surface area (Å²) in [5, 5.41) is 0. The topological polar surface area (TPSA) is 29.5 Å². The van der Waals surface area contributed by atoms with Gasteiger partial charge in [0.2, 0.25) is 0 Å². The van der Waals surface area contributed by atoms with Crippen LogP contribution in [-0.4, -0.2) is 28.7 Å². The van der Waals surface area contributed by atoms with Gasteiger partial charge in [-0.25, -0.2) is 4.79 Å². The Bertz CT molecular complexity index is 335. The van der Waals surface area contributed by atoms with Crippen molar-refractivity contribution >= 4 is 6.09 Å². The Labute approximate surface area is 110 Å². The zero-order chi connectivity index (χ0) is 13.2. The second-order valence-corrected chi connectivity index (χ2v) is 6.55. The summed E-state index contributed by atoms with van der Waals surface area (Å²) in [7, 11) is 0. The van der Waals surface area contributed by atoms with Gasteiger partial charge in [0.15, 0.2) is 0 Å². The number of nitrogens with zero attached hydrogens (tertiary/aromatic N) is 1. The van der Waals surface area contributed by atoms with Crippen molar-refractivity contribution in [2.45, 2.75) is 70.4 Å². The number of carbonyl (C=O) groups is 1. The molecule has 1 amide bonds. The fourth-order valence-corrected chi connectivity index (χ4v) is 3.06. The first-order valence-corrected chi connectivity index (χ1v) is 7.09. The van der Waals surface area contributed by atoms with Crippen molar-refractivity contribution in [3.05, 3.63) is 12.2 Å². The second kappa shape index (κ2) is 4.94. The highest BCUT2D eigenvalue weighted by Gasteiger charge is 2.42. The molecular weight excluding hydrogens is 226 g/mol. The molecule has 1 aliphatic carbocycles. The molecule has 1 fully saturated rings. The quantitative estimate of drug-likeness (QED) is 0.611. The summed E-state index contributed by atoms with van der Waals surface area (Å²) in [4.78, 5) is 14.3. The number of hydrogen-bond acceptors (Lipinski definition) is 2. The zero-order valence-electron chi connectivity index (χ0n) is 11.9. The van der Waals surface area contributed by atoms with Crippen molar-refractivity contribution in [2.24, 2.45) is 0 Å². The van der Waals surface area contributed by atoms with Gasteiger partial charge in [-0.1, -0.05) is 31.4 Å². The van der Waals surface area contributed by atoms with Crippen LogP contribution in [0.3, 0.4) is 0 Å². The molecule has 1 saturated carbocycles. The molecule has 0 unspecified atom stereocenters. The molecule has 2 aliphatic rings. The first-order valence-electron chi connectivity index (χ1n) is 7.09. The lowest BCUT2D eigenvalue weighted by Crippen LogP contribution is -2.55. The average molecular weight is 251 g/mol. The van der Waals surface area contributed by atoms with E-state index in [1.54, 1.807) is 0 Å². The van der Waals surface area contributed by atoms with Crippen LogP contribution in [0.1, 0.15) is 59.3 Å². The maximum atomic E-state index is 12.4. The monoisotopic (exact) mass is 251 g/mol. The van der Waals surface area contributed by atoms with Gasteiger partial charge in [-0.2, -0.15) is 0 Å². The van der Waals surface area contributed by atoms with E-state index in [1.807, 2.05) is 25.7 Å². The summed E-state index contributed by atoms with van der Waals surface area (Å²) >= 11 is 0. The third kappa shape index (κ3) is 2.88. The fraction of sp³-hybridized carbons (Fsp3) is 0.800. The molecule has 0 bridgehead atoms. The zero-order valence-corrected chi connectivity index (χ0v) is 11.9. The number of rotatable bonds is 0. The van der Waals surface area contributed by atoms with Gasteiger partial charge >= 0.3 is 6.09 Å². The minimum Gasteiger partial charge on any atom is -0.444 e. The van der Waals surface area contributed by atoms with Crippen LogP contribution in [0.25, 0.3) is 0 Å². The summed E-state index contributed by atoms with van der Waals surface area (Å²) < 4.78 is 5.56. The number of amides is 1. The maximum Gasteiger partial charge on any atom is 0.411 e. The molecule has 3 nitrogen and oxygen atoms in total. The highest BCUT2D eigenvalue weighted by Crippen LogP contribution is 2.39. The molecule has 102 valence electrons. The van der Waals surface area contributed by atoms with Crippen LogP contribution >= 0.6 is 0 Å². The van der Waals surface area contributed by atoms with Crippen molar-refractivity contribution in [2.75, 3.05) is 6.54 Å². The summed E-state index contributed by atoms with van der Waals surface area (Å²) in [6.07, 6.45) is 11.2. The van der Waals surface area contributed by atoms with Gasteiger partial charge in [-0.15, -0.1) is 0 Å². The molecule has 1 aliphatic heterocycles. The fourth-order valence-electron chi connectivity index (χ4n) is 3.06. The third-order valence-corrected chi connectivity index (χ3v) is 3.92. The molecule has 0 N–H and O–H groups in total. The first-order chi connectivity index (χ1) is 8.43. The second-order valence-electron chi connectivity index (χ2n) is 6.55. The summed E-state index contributed by atoms with van der Waals surface area (Å²) in [6.45, 7) is 6.49. The Morgan fingerprint density at radius 3 is 2.44 bits per heavy atom. The molecule has 0 atom stereocenters. The van der Waals surface area contributed by atoms with Crippen LogP contribution in [0.2, 0.25) is 0 Å². The van der Waals surface area contributed by atoms with E-state index < -0.39 is 5.60 Å². The molecule has 1 heterocycles. The Morgan fingerprint density at radius 1 is 1.17 bits per heavy atom. The summed E-state index contributed by atoms with van der Waals surface area (Å²) in [5.41, 5.74) is -0.372. The minimum atomic E-state index is -0.409. The van der Waals surface area contributed by atoms with Crippen molar-refractivity contribution in [3.8, 4) is 0 Å². The normalized spacial score (nSPS) is 23.2. The number of hydrogen-bond donors (Lipinski definition) is 0. The molecule has 0 aromatic heterocycles. The SMILES string of the molecule is CC(C)(C)OC(=O)N1CC=CCC12CCCCC2. The lowest BCUT2D eigenvalue weighted by atomic mass is 9.76. The summed E-state index contributed by atoms with van der Waals surface area (Å²) in [6, 6.07) is 0. The molecule has 0 aromatic carbocycles. The summed E-state index contributed by atoms with van der Waals surface area (Å²) in [5.74, 6) is 0. The predicted molar refractivity (Wildman–Crippen MR) is 72.5 cm³/mol. The van der Waals surface area contributed by atoms with E-state index >= 15 is 0 Å². The van der Waals surface area contributed by atoms with Crippen molar-refractivity contribution in [3.63, 3.8) is 0 Å². The molecule has 0 radical (unpaired) electrons. The van der Waals surface area contributed by atoms with E-state index in [0.29, 0.717) is 6.54 Å². The van der Waals surface area contributed by atoms with E-state index in [4.69, 9.17) is 4.74 Å². The molecule has 1 spiro atoms. The van der Waals surface area contributed by atoms with Gasteiger partial charge in [-0.3, -0.25) is 4.90 Å². The average Bonchev–Trinajstić information content (AvgIpc) is 2.28. The highest BCUT2D eigenvalue weighted by atomic mass is 16.6. The van der Waals surface area contributed by atoms with Crippen LogP contribution < -0.4 is 0 Å². The van der Waals surface area contributed by atoms with Crippen LogP contribution in [0.5, 0.6) is 0 Å². The van der Waals surface area contributed by atoms with Crippen molar-refractivity contribution in [1.29, 1.82) is 0 Å². The van der Waals surface area contributed by atoms with Gasteiger partial charge in [0.1, 0.15) is 5.60 Å². The van der Waals surface area contributed by atoms with Crippen LogP contribution in [0, 0.1) is 0 Å². The van der Waals surface area contributed by atoms with Gasteiger partial charge in [0, 0.05) is 6.54 Å². The van der Waals surface area contributed by atoms with Crippen molar-refractivity contribution in [1.82, 2.24) is 4.90 Å². The molecule has 3 heteroatoms. The van der Waals surface area contributed by atoms with E-state index in [-0.39, 0.29) is 11.6 Å². The van der Waals surface area contributed by atoms with Crippen LogP contribution in [0.15, 0.2) is 12.2 Å². The van der Waals surface area contributed by atoms with Crippen LogP contribution in [0.4, 0.5) is 4.79 Å². The van der Waals surface area contributed by atoms with E-state index in [0.717, 1.165) is 19.3 Å². The predicted octanol–water partition coefficient (Wildman–Crippen LogP) is 3.89. The van der Waals surface area contributed by atoms with Crippen molar-refractivity contribution < 1.29 is 9.53 Å². The number of ether oxygens (including phenoxy) is 1. The maximum absolute atomic E-state index is 12.4. The Hall–Kier alpha value is -0.990. The molecular formula is C15H25NO2. The highest BCUT2D eigenvalue weighted by molar-refractivity contribution is 5.70.